The average molecular weight is 756 g/mol. The van der Waals surface area contributed by atoms with Crippen molar-refractivity contribution in [2.24, 2.45) is 0 Å². The Labute approximate surface area is 298 Å². The van der Waals surface area contributed by atoms with E-state index in [1.54, 1.807) is 31.2 Å². The maximum atomic E-state index is 14.2. The number of allylic oxidation sites excluding steroid dienone is 3. The number of nitrogens with zero attached hydrogens (tertiary/aromatic N) is 1. The molecule has 3 aromatic carbocycles. The summed E-state index contributed by atoms with van der Waals surface area (Å²) in [6.07, 6.45) is -17.4. The summed E-state index contributed by atoms with van der Waals surface area (Å²) in [7, 11) is 1.34. The van der Waals surface area contributed by atoms with Crippen LogP contribution in [0.2, 0.25) is 0 Å². The molecule has 0 saturated carbocycles. The molecule has 1 saturated heterocycles. The third kappa shape index (κ3) is 9.43. The summed E-state index contributed by atoms with van der Waals surface area (Å²) in [6.45, 7) is 7.86. The normalized spacial score (nSPS) is 17.2. The van der Waals surface area contributed by atoms with Crippen molar-refractivity contribution in [3.63, 3.8) is 0 Å². The lowest BCUT2D eigenvalue weighted by molar-refractivity contribution is -0.137. The zero-order valence-corrected chi connectivity index (χ0v) is 29.0. The van der Waals surface area contributed by atoms with Crippen LogP contribution in [0.5, 0.6) is 5.75 Å². The number of aromatic carboxylic acids is 1. The summed E-state index contributed by atoms with van der Waals surface area (Å²) >= 11 is 0. The molecule has 1 fully saturated rings. The number of aryl methyl sites for hydroxylation is 2. The molecule has 1 N–H and O–H groups in total. The highest BCUT2D eigenvalue weighted by Crippen LogP contribution is 2.43. The molecule has 15 heteroatoms. The first-order chi connectivity index (χ1) is 24.4. The Bertz CT molecular complexity index is 1990. The Balaban J connectivity index is 1.87. The maximum absolute atomic E-state index is 14.2. The number of ether oxygens (including phenoxy) is 2. The molecule has 284 valence electrons. The fraction of sp³-hybridized carbons (Fsp3) is 0.316. The molecule has 53 heavy (non-hydrogen) atoms. The van der Waals surface area contributed by atoms with Gasteiger partial charge >= 0.3 is 30.6 Å². The fourth-order valence-corrected chi connectivity index (χ4v) is 6.15. The highest BCUT2D eigenvalue weighted by Gasteiger charge is 2.42. The van der Waals surface area contributed by atoms with Crippen molar-refractivity contribution in [1.82, 2.24) is 4.90 Å². The number of halogens is 9. The number of carbonyl (C=O) groups is 2. The van der Waals surface area contributed by atoms with Crippen molar-refractivity contribution in [2.45, 2.75) is 71.3 Å². The predicted octanol–water partition coefficient (Wildman–Crippen LogP) is 11.0. The fourth-order valence-electron chi connectivity index (χ4n) is 6.15. The van der Waals surface area contributed by atoms with E-state index in [-0.39, 0.29) is 28.0 Å². The highest BCUT2D eigenvalue weighted by molar-refractivity contribution is 5.89. The molecule has 1 heterocycles. The lowest BCUT2D eigenvalue weighted by Crippen LogP contribution is -2.34. The number of alkyl halides is 9. The van der Waals surface area contributed by atoms with E-state index in [2.05, 4.69) is 6.58 Å². The topological polar surface area (TPSA) is 76.1 Å². The van der Waals surface area contributed by atoms with E-state index in [1.165, 1.54) is 33.1 Å². The van der Waals surface area contributed by atoms with Gasteiger partial charge in [-0.05, 0) is 115 Å². The smallest absolute Gasteiger partial charge is 0.416 e. The highest BCUT2D eigenvalue weighted by atomic mass is 19.4. The van der Waals surface area contributed by atoms with Crippen LogP contribution in [0.1, 0.15) is 52.9 Å². The maximum Gasteiger partial charge on any atom is 0.416 e. The number of hydrogen-bond acceptors (Lipinski definition) is 4. The summed E-state index contributed by atoms with van der Waals surface area (Å²) < 4.78 is 133. The van der Waals surface area contributed by atoms with Gasteiger partial charge in [-0.1, -0.05) is 24.8 Å². The molecule has 6 nitrogen and oxygen atoms in total. The number of hydrogen-bond donors (Lipinski definition) is 1. The number of carboxylic acid groups (broad SMARTS) is 1. The van der Waals surface area contributed by atoms with Gasteiger partial charge in [0, 0.05) is 11.1 Å². The van der Waals surface area contributed by atoms with Gasteiger partial charge in [0.05, 0.1) is 37.2 Å². The molecule has 1 aliphatic rings. The van der Waals surface area contributed by atoms with Crippen molar-refractivity contribution in [1.29, 1.82) is 0 Å². The molecule has 1 amide bonds. The molecule has 0 aromatic heterocycles. The second kappa shape index (κ2) is 15.0. The molecule has 0 bridgehead atoms. The number of methoxy groups -OCH3 is 1. The summed E-state index contributed by atoms with van der Waals surface area (Å²) in [6, 6.07) is 9.85. The summed E-state index contributed by atoms with van der Waals surface area (Å²) in [5, 5.41) is 9.39. The molecule has 1 aliphatic heterocycles. The number of carboxylic acids is 1. The van der Waals surface area contributed by atoms with Gasteiger partial charge in [-0.3, -0.25) is 4.90 Å². The predicted molar refractivity (Wildman–Crippen MR) is 178 cm³/mol. The molecule has 1 unspecified atom stereocenters. The van der Waals surface area contributed by atoms with Crippen LogP contribution in [0.4, 0.5) is 44.3 Å². The summed E-state index contributed by atoms with van der Waals surface area (Å²) in [4.78, 5) is 25.8. The number of cyclic esters (lactones) is 1. The van der Waals surface area contributed by atoms with Crippen LogP contribution in [-0.2, 0) is 17.5 Å². The summed E-state index contributed by atoms with van der Waals surface area (Å²) in [5.74, 6) is -0.911. The standard InChI is InChI=1S/C38H34F9NO5/c1-19(17-36(39,40)41)11-26(14-22(4)37(42,43)44)33-23(5)48(35(51)53-33)18-27-15-28(38(45,46)47)13-21(3)32(27)30-16-24(8-10-31(30)52-6)29-9-7-25(34(49)50)12-20(29)2/h7-16,23,33H,1,17-18H2,2-6H3,(H,49,50)/b22-14+,26-11+/t23?,33-/m0/s1. The second-order valence-corrected chi connectivity index (χ2v) is 12.7. The SMILES string of the molecule is C=C(/C=C(\C=C(/C)C(F)(F)F)[C@H]1OC(=O)N(Cc2cc(C(F)(F)F)cc(C)c2-c2cc(-c3ccc(C(=O)O)cc3C)ccc2OC)C1C)CC(F)(F)F. The minimum atomic E-state index is -4.88. The largest absolute Gasteiger partial charge is 0.496 e. The minimum absolute atomic E-state index is 0.0394. The van der Waals surface area contributed by atoms with E-state index in [4.69, 9.17) is 9.47 Å². The van der Waals surface area contributed by atoms with Gasteiger partial charge in [0.25, 0.3) is 0 Å². The zero-order chi connectivity index (χ0) is 39.8. The lowest BCUT2D eigenvalue weighted by Gasteiger charge is -2.25. The average Bonchev–Trinajstić information content (AvgIpc) is 3.30. The van der Waals surface area contributed by atoms with Gasteiger partial charge in [-0.15, -0.1) is 0 Å². The quantitative estimate of drug-likeness (QED) is 0.165. The number of benzene rings is 3. The van der Waals surface area contributed by atoms with E-state index in [0.717, 1.165) is 23.1 Å². The van der Waals surface area contributed by atoms with Gasteiger partial charge in [0.15, 0.2) is 0 Å². The van der Waals surface area contributed by atoms with Gasteiger partial charge in [0.2, 0.25) is 0 Å². The molecule has 3 aromatic rings. The van der Waals surface area contributed by atoms with Crippen LogP contribution < -0.4 is 4.74 Å². The molecule has 2 atom stereocenters. The van der Waals surface area contributed by atoms with E-state index in [0.29, 0.717) is 35.3 Å². The van der Waals surface area contributed by atoms with Crippen LogP contribution in [0.15, 0.2) is 84.0 Å². The third-order valence-electron chi connectivity index (χ3n) is 8.69. The Morgan fingerprint density at radius 2 is 1.60 bits per heavy atom. The van der Waals surface area contributed by atoms with E-state index in [1.807, 2.05) is 0 Å². The van der Waals surface area contributed by atoms with Crippen molar-refractivity contribution >= 4 is 12.1 Å². The minimum Gasteiger partial charge on any atom is -0.496 e. The first kappa shape index (κ1) is 40.6. The molecule has 4 rings (SSSR count). The number of amides is 1. The van der Waals surface area contributed by atoms with E-state index >= 15 is 0 Å². The lowest BCUT2D eigenvalue weighted by atomic mass is 9.88. The van der Waals surface area contributed by atoms with Crippen LogP contribution in [0.25, 0.3) is 22.3 Å². The zero-order valence-electron chi connectivity index (χ0n) is 29.0. The van der Waals surface area contributed by atoms with Gasteiger partial charge in [-0.25, -0.2) is 9.59 Å². The molecule has 0 aliphatic carbocycles. The van der Waals surface area contributed by atoms with Crippen LogP contribution in [-0.4, -0.2) is 53.7 Å². The van der Waals surface area contributed by atoms with Gasteiger partial charge in [0.1, 0.15) is 11.9 Å². The Morgan fingerprint density at radius 1 is 0.943 bits per heavy atom. The van der Waals surface area contributed by atoms with Crippen LogP contribution in [0, 0.1) is 13.8 Å². The number of carbonyl (C=O) groups excluding carboxylic acids is 1. The van der Waals surface area contributed by atoms with E-state index in [9.17, 15) is 54.2 Å². The van der Waals surface area contributed by atoms with E-state index < -0.39 is 78.0 Å². The molecular formula is C38H34F9NO5. The Kier molecular flexibility index (Phi) is 11.5. The molecule has 0 spiro atoms. The summed E-state index contributed by atoms with van der Waals surface area (Å²) in [5.41, 5.74) is -0.953. The number of rotatable bonds is 10. The van der Waals surface area contributed by atoms with Crippen molar-refractivity contribution in [3.05, 3.63) is 112 Å². The van der Waals surface area contributed by atoms with Crippen molar-refractivity contribution in [2.75, 3.05) is 7.11 Å². The van der Waals surface area contributed by atoms with Crippen molar-refractivity contribution < 1.29 is 63.7 Å². The van der Waals surface area contributed by atoms with Crippen LogP contribution >= 0.6 is 0 Å². The van der Waals surface area contributed by atoms with Crippen LogP contribution in [0.3, 0.4) is 0 Å². The Hall–Kier alpha value is -5.21. The molecule has 0 radical (unpaired) electrons. The van der Waals surface area contributed by atoms with Gasteiger partial charge in [-0.2, -0.15) is 39.5 Å². The monoisotopic (exact) mass is 755 g/mol. The van der Waals surface area contributed by atoms with Gasteiger partial charge < -0.3 is 14.6 Å². The third-order valence-corrected chi connectivity index (χ3v) is 8.69. The van der Waals surface area contributed by atoms with Crippen molar-refractivity contribution in [3.8, 4) is 28.0 Å². The first-order valence-corrected chi connectivity index (χ1v) is 15.8. The second-order valence-electron chi connectivity index (χ2n) is 12.7. The Morgan fingerprint density at radius 3 is 2.15 bits per heavy atom. The molecular weight excluding hydrogens is 721 g/mol. The first-order valence-electron chi connectivity index (χ1n) is 15.8.